The zero-order valence-corrected chi connectivity index (χ0v) is 32.8. The molecule has 0 aromatic carbocycles. The second kappa shape index (κ2) is 36.8. The van der Waals surface area contributed by atoms with Gasteiger partial charge in [0.1, 0.15) is 0 Å². The number of hydrogen-bond acceptors (Lipinski definition) is 6. The summed E-state index contributed by atoms with van der Waals surface area (Å²) in [5, 5.41) is 13.6. The first kappa shape index (κ1) is 48.0. The lowest BCUT2D eigenvalue weighted by Gasteiger charge is -2.23. The Bertz CT molecular complexity index is 825. The molecule has 0 fully saturated rings. The van der Waals surface area contributed by atoms with Gasteiger partial charge in [-0.05, 0) is 44.9 Å². The molecule has 0 rings (SSSR count). The standard InChI is InChI=1S/C40H79N2O6P/c1-3-5-7-9-11-13-15-17-18-19-20-22-23-25-27-29-31-33-39(43)38(37-48-49(45,46)47-36-35-41)42-40(44)34-32-30-28-26-24-21-16-14-12-10-8-6-4-2/h14,16,31,33,38-39,43H,3-13,15,17-30,32,34-37,41H2,1-2H3,(H,42,44)(H,45,46)/b16-14-,33-31+. The predicted molar refractivity (Wildman–Crippen MR) is 208 cm³/mol. The Morgan fingerprint density at radius 1 is 0.653 bits per heavy atom. The van der Waals surface area contributed by atoms with Crippen LogP contribution in [0.3, 0.4) is 0 Å². The molecule has 5 N–H and O–H groups in total. The minimum atomic E-state index is -4.33. The molecule has 0 bridgehead atoms. The van der Waals surface area contributed by atoms with E-state index in [1.54, 1.807) is 6.08 Å². The van der Waals surface area contributed by atoms with Crippen LogP contribution in [0.4, 0.5) is 0 Å². The summed E-state index contributed by atoms with van der Waals surface area (Å²) >= 11 is 0. The molecular formula is C40H79N2O6P. The van der Waals surface area contributed by atoms with Crippen LogP contribution >= 0.6 is 7.82 Å². The number of allylic oxidation sites excluding steroid dienone is 3. The normalized spacial score (nSPS) is 14.5. The SMILES string of the molecule is CCCCCC/C=C\CCCCCCCC(=O)NC(COP(=O)(O)OCCN)C(O)/C=C/CCCCCCCCCCCCCCCCC. The van der Waals surface area contributed by atoms with Gasteiger partial charge in [0.15, 0.2) is 0 Å². The Balaban J connectivity index is 4.27. The molecule has 0 heterocycles. The molecule has 3 atom stereocenters. The fraction of sp³-hybridized carbons (Fsp3) is 0.875. The number of amides is 1. The largest absolute Gasteiger partial charge is 0.472 e. The van der Waals surface area contributed by atoms with Gasteiger partial charge in [0, 0.05) is 13.0 Å². The van der Waals surface area contributed by atoms with Gasteiger partial charge in [0.05, 0.1) is 25.4 Å². The molecule has 0 saturated heterocycles. The van der Waals surface area contributed by atoms with Gasteiger partial charge in [0.2, 0.25) is 5.91 Å². The van der Waals surface area contributed by atoms with Gasteiger partial charge in [-0.15, -0.1) is 0 Å². The van der Waals surface area contributed by atoms with Gasteiger partial charge in [-0.3, -0.25) is 13.8 Å². The third kappa shape index (κ3) is 35.2. The average Bonchev–Trinajstić information content (AvgIpc) is 3.09. The van der Waals surface area contributed by atoms with Crippen molar-refractivity contribution in [1.29, 1.82) is 0 Å². The van der Waals surface area contributed by atoms with E-state index in [9.17, 15) is 19.4 Å². The highest BCUT2D eigenvalue weighted by atomic mass is 31.2. The lowest BCUT2D eigenvalue weighted by molar-refractivity contribution is -0.123. The Labute approximate surface area is 302 Å². The van der Waals surface area contributed by atoms with Gasteiger partial charge in [-0.2, -0.15) is 0 Å². The van der Waals surface area contributed by atoms with Crippen molar-refractivity contribution >= 4 is 13.7 Å². The number of nitrogens with one attached hydrogen (secondary N) is 1. The molecule has 8 nitrogen and oxygen atoms in total. The number of rotatable bonds is 38. The van der Waals surface area contributed by atoms with Crippen LogP contribution in [0.25, 0.3) is 0 Å². The predicted octanol–water partition coefficient (Wildman–Crippen LogP) is 11.0. The molecule has 9 heteroatoms. The number of carbonyl (C=O) groups excluding carboxylic acids is 1. The highest BCUT2D eigenvalue weighted by molar-refractivity contribution is 7.47. The molecular weight excluding hydrogens is 635 g/mol. The van der Waals surface area contributed by atoms with Crippen molar-refractivity contribution in [3.8, 4) is 0 Å². The number of carbonyl (C=O) groups is 1. The maximum Gasteiger partial charge on any atom is 0.472 e. The number of aliphatic hydroxyl groups excluding tert-OH is 1. The first-order valence-corrected chi connectivity index (χ1v) is 22.0. The Kier molecular flexibility index (Phi) is 36.0. The summed E-state index contributed by atoms with van der Waals surface area (Å²) in [7, 11) is -4.33. The summed E-state index contributed by atoms with van der Waals surface area (Å²) in [6.07, 6.45) is 40.8. The molecule has 0 aliphatic rings. The number of aliphatic hydroxyl groups is 1. The Morgan fingerprint density at radius 3 is 1.53 bits per heavy atom. The fourth-order valence-electron chi connectivity index (χ4n) is 5.89. The van der Waals surface area contributed by atoms with Crippen molar-refractivity contribution in [3.05, 3.63) is 24.3 Å². The minimum absolute atomic E-state index is 0.0779. The minimum Gasteiger partial charge on any atom is -0.387 e. The molecule has 0 aromatic heterocycles. The highest BCUT2D eigenvalue weighted by Gasteiger charge is 2.26. The van der Waals surface area contributed by atoms with E-state index in [4.69, 9.17) is 14.8 Å². The molecule has 290 valence electrons. The summed E-state index contributed by atoms with van der Waals surface area (Å²) in [5.74, 6) is -0.204. The summed E-state index contributed by atoms with van der Waals surface area (Å²) in [5.41, 5.74) is 5.36. The summed E-state index contributed by atoms with van der Waals surface area (Å²) in [4.78, 5) is 22.6. The van der Waals surface area contributed by atoms with Crippen LogP contribution in [-0.4, -0.2) is 47.8 Å². The van der Waals surface area contributed by atoms with Crippen molar-refractivity contribution in [2.24, 2.45) is 5.73 Å². The summed E-state index contributed by atoms with van der Waals surface area (Å²) in [6.45, 7) is 4.11. The number of hydrogen-bond donors (Lipinski definition) is 4. The van der Waals surface area contributed by atoms with E-state index in [1.807, 2.05) is 6.08 Å². The van der Waals surface area contributed by atoms with Gasteiger partial charge in [-0.1, -0.05) is 167 Å². The van der Waals surface area contributed by atoms with Crippen LogP contribution in [0.2, 0.25) is 0 Å². The van der Waals surface area contributed by atoms with E-state index < -0.39 is 20.0 Å². The van der Waals surface area contributed by atoms with Crippen LogP contribution in [-0.2, 0) is 18.4 Å². The highest BCUT2D eigenvalue weighted by Crippen LogP contribution is 2.43. The molecule has 0 spiro atoms. The van der Waals surface area contributed by atoms with Crippen molar-refractivity contribution in [1.82, 2.24) is 5.32 Å². The Hall–Kier alpha value is -1.02. The topological polar surface area (TPSA) is 131 Å². The lowest BCUT2D eigenvalue weighted by atomic mass is 10.0. The summed E-state index contributed by atoms with van der Waals surface area (Å²) < 4.78 is 22.1. The van der Waals surface area contributed by atoms with Crippen molar-refractivity contribution < 1.29 is 28.4 Å². The first-order valence-electron chi connectivity index (χ1n) is 20.5. The molecule has 49 heavy (non-hydrogen) atoms. The molecule has 0 aromatic rings. The zero-order chi connectivity index (χ0) is 36.1. The maximum absolute atomic E-state index is 12.7. The van der Waals surface area contributed by atoms with E-state index in [-0.39, 0.29) is 25.7 Å². The monoisotopic (exact) mass is 715 g/mol. The Morgan fingerprint density at radius 2 is 1.06 bits per heavy atom. The molecule has 0 radical (unpaired) electrons. The third-order valence-electron chi connectivity index (χ3n) is 9.02. The molecule has 0 aliphatic carbocycles. The lowest BCUT2D eigenvalue weighted by Crippen LogP contribution is -2.45. The van der Waals surface area contributed by atoms with Gasteiger partial charge in [0.25, 0.3) is 0 Å². The van der Waals surface area contributed by atoms with Crippen molar-refractivity contribution in [2.45, 2.75) is 206 Å². The number of phosphoric acid groups is 1. The quantitative estimate of drug-likeness (QED) is 0.0284. The fourth-order valence-corrected chi connectivity index (χ4v) is 6.65. The summed E-state index contributed by atoms with van der Waals surface area (Å²) in [6, 6.07) is -0.861. The van der Waals surface area contributed by atoms with Crippen LogP contribution in [0.15, 0.2) is 24.3 Å². The number of unbranched alkanes of at least 4 members (excludes halogenated alkanes) is 24. The van der Waals surface area contributed by atoms with E-state index >= 15 is 0 Å². The van der Waals surface area contributed by atoms with Gasteiger partial charge < -0.3 is 21.1 Å². The average molecular weight is 715 g/mol. The smallest absolute Gasteiger partial charge is 0.387 e. The van der Waals surface area contributed by atoms with Gasteiger partial charge >= 0.3 is 7.82 Å². The second-order valence-corrected chi connectivity index (χ2v) is 15.3. The first-order chi connectivity index (χ1) is 23.9. The van der Waals surface area contributed by atoms with Gasteiger partial charge in [-0.25, -0.2) is 4.57 Å². The van der Waals surface area contributed by atoms with E-state index in [1.165, 1.54) is 122 Å². The third-order valence-corrected chi connectivity index (χ3v) is 10.0. The second-order valence-electron chi connectivity index (χ2n) is 13.8. The number of phosphoric ester groups is 1. The maximum atomic E-state index is 12.7. The van der Waals surface area contributed by atoms with E-state index in [2.05, 4.69) is 31.3 Å². The van der Waals surface area contributed by atoms with E-state index in [0.717, 1.165) is 51.4 Å². The van der Waals surface area contributed by atoms with Crippen LogP contribution < -0.4 is 11.1 Å². The molecule has 1 amide bonds. The van der Waals surface area contributed by atoms with Crippen molar-refractivity contribution in [2.75, 3.05) is 19.8 Å². The molecule has 0 aliphatic heterocycles. The zero-order valence-electron chi connectivity index (χ0n) is 31.9. The number of nitrogens with two attached hydrogens (primary N) is 1. The molecule has 3 unspecified atom stereocenters. The van der Waals surface area contributed by atoms with Crippen molar-refractivity contribution in [3.63, 3.8) is 0 Å². The van der Waals surface area contributed by atoms with E-state index in [0.29, 0.717) is 6.42 Å². The van der Waals surface area contributed by atoms with Crippen LogP contribution in [0.5, 0.6) is 0 Å². The van der Waals surface area contributed by atoms with Crippen LogP contribution in [0.1, 0.15) is 194 Å². The molecule has 0 saturated carbocycles. The van der Waals surface area contributed by atoms with Crippen LogP contribution in [0, 0.1) is 0 Å².